The lowest BCUT2D eigenvalue weighted by molar-refractivity contribution is -0.113. The summed E-state index contributed by atoms with van der Waals surface area (Å²) < 4.78 is 0. The van der Waals surface area contributed by atoms with E-state index in [1.807, 2.05) is 0 Å². The third-order valence-corrected chi connectivity index (χ3v) is 1.27. The molecule has 4 N–H and O–H groups in total. The van der Waals surface area contributed by atoms with Crippen molar-refractivity contribution in [2.75, 3.05) is 19.8 Å². The van der Waals surface area contributed by atoms with Crippen LogP contribution in [0.25, 0.3) is 0 Å². The molecule has 0 unspecified atom stereocenters. The van der Waals surface area contributed by atoms with Crippen LogP contribution in [0.5, 0.6) is 0 Å². The Hall–Kier alpha value is -0.650. The lowest BCUT2D eigenvalue weighted by atomic mass is 10.0. The highest BCUT2D eigenvalue weighted by Crippen LogP contribution is 1.98. The first kappa shape index (κ1) is 9.35. The molecular formula is C5H11NO4. The van der Waals surface area contributed by atoms with Gasteiger partial charge in [0.25, 0.3) is 0 Å². The zero-order valence-corrected chi connectivity index (χ0v) is 5.45. The lowest BCUT2D eigenvalue weighted by Crippen LogP contribution is -2.54. The molecule has 0 rings (SSSR count). The Labute approximate surface area is 58.3 Å². The van der Waals surface area contributed by atoms with Crippen LogP contribution in [0.2, 0.25) is 0 Å². The van der Waals surface area contributed by atoms with Crippen LogP contribution < -0.4 is 5.32 Å². The van der Waals surface area contributed by atoms with Crippen LogP contribution >= 0.6 is 0 Å². The molecule has 0 bridgehead atoms. The molecule has 0 aliphatic heterocycles. The average Bonchev–Trinajstić information content (AvgIpc) is 2.01. The van der Waals surface area contributed by atoms with E-state index in [-0.39, 0.29) is 0 Å². The highest BCUT2D eigenvalue weighted by molar-refractivity contribution is 5.48. The van der Waals surface area contributed by atoms with E-state index in [4.69, 9.17) is 15.3 Å². The first-order valence-corrected chi connectivity index (χ1v) is 2.78. The van der Waals surface area contributed by atoms with Gasteiger partial charge in [0, 0.05) is 0 Å². The Balaban J connectivity index is 4.00. The Morgan fingerprint density at radius 2 is 1.60 bits per heavy atom. The first-order valence-electron chi connectivity index (χ1n) is 2.78. The van der Waals surface area contributed by atoms with E-state index in [0.717, 1.165) is 0 Å². The molecule has 0 aromatic heterocycles. The predicted molar refractivity (Wildman–Crippen MR) is 33.2 cm³/mol. The Bertz CT molecular complexity index is 93.6. The molecule has 0 aromatic rings. The lowest BCUT2D eigenvalue weighted by Gasteiger charge is -2.25. The number of nitrogens with one attached hydrogen (secondary N) is 1. The van der Waals surface area contributed by atoms with E-state index in [1.54, 1.807) is 0 Å². The highest BCUT2D eigenvalue weighted by atomic mass is 16.3. The van der Waals surface area contributed by atoms with Crippen molar-refractivity contribution in [2.24, 2.45) is 0 Å². The molecular weight excluding hydrogens is 138 g/mol. The fourth-order valence-electron chi connectivity index (χ4n) is 0.412. The fourth-order valence-corrected chi connectivity index (χ4v) is 0.412. The second kappa shape index (κ2) is 4.21. The van der Waals surface area contributed by atoms with Crippen LogP contribution in [0.4, 0.5) is 0 Å². The van der Waals surface area contributed by atoms with Crippen molar-refractivity contribution >= 4 is 6.41 Å². The second-order valence-electron chi connectivity index (χ2n) is 2.02. The van der Waals surface area contributed by atoms with Crippen molar-refractivity contribution < 1.29 is 20.1 Å². The van der Waals surface area contributed by atoms with Gasteiger partial charge in [0.2, 0.25) is 6.41 Å². The first-order chi connectivity index (χ1) is 4.74. The maximum atomic E-state index is 9.85. The van der Waals surface area contributed by atoms with Crippen LogP contribution in [-0.2, 0) is 4.79 Å². The third kappa shape index (κ3) is 1.94. The largest absolute Gasteiger partial charge is 0.394 e. The minimum absolute atomic E-state index is 0.322. The minimum atomic E-state index is -1.28. The monoisotopic (exact) mass is 149 g/mol. The molecule has 0 radical (unpaired) electrons. The summed E-state index contributed by atoms with van der Waals surface area (Å²) in [4.78, 5) is 9.85. The predicted octanol–water partition coefficient (Wildman–Crippen LogP) is -2.55. The topological polar surface area (TPSA) is 89.8 Å². The quantitative estimate of drug-likeness (QED) is 0.324. The number of hydrogen-bond donors (Lipinski definition) is 4. The molecule has 1 amide bonds. The Morgan fingerprint density at radius 3 is 1.70 bits per heavy atom. The Kier molecular flexibility index (Phi) is 3.94. The van der Waals surface area contributed by atoms with Crippen molar-refractivity contribution in [1.29, 1.82) is 0 Å². The summed E-state index contributed by atoms with van der Waals surface area (Å²) in [5, 5.41) is 27.8. The van der Waals surface area contributed by atoms with E-state index in [2.05, 4.69) is 5.32 Å². The minimum Gasteiger partial charge on any atom is -0.394 e. The summed E-state index contributed by atoms with van der Waals surface area (Å²) in [6.45, 7) is -1.46. The van der Waals surface area contributed by atoms with Crippen LogP contribution in [0.3, 0.4) is 0 Å². The highest BCUT2D eigenvalue weighted by Gasteiger charge is 2.26. The molecule has 0 fully saturated rings. The molecule has 0 saturated heterocycles. The molecule has 5 heteroatoms. The van der Waals surface area contributed by atoms with Crippen LogP contribution in [0.1, 0.15) is 0 Å². The van der Waals surface area contributed by atoms with Crippen molar-refractivity contribution in [1.82, 2.24) is 5.32 Å². The average molecular weight is 149 g/mol. The van der Waals surface area contributed by atoms with E-state index < -0.39 is 25.4 Å². The van der Waals surface area contributed by atoms with E-state index in [1.165, 1.54) is 0 Å². The molecule has 10 heavy (non-hydrogen) atoms. The summed E-state index contributed by atoms with van der Waals surface area (Å²) >= 11 is 0. The van der Waals surface area contributed by atoms with Gasteiger partial charge in [0.05, 0.1) is 19.8 Å². The summed E-state index contributed by atoms with van der Waals surface area (Å²) in [7, 11) is 0. The fraction of sp³-hybridized carbons (Fsp3) is 0.800. The summed E-state index contributed by atoms with van der Waals surface area (Å²) in [5.41, 5.74) is -1.28. The van der Waals surface area contributed by atoms with Crippen molar-refractivity contribution in [2.45, 2.75) is 5.54 Å². The normalized spacial score (nSPS) is 11.1. The van der Waals surface area contributed by atoms with Crippen molar-refractivity contribution in [3.63, 3.8) is 0 Å². The zero-order chi connectivity index (χ0) is 8.04. The maximum absolute atomic E-state index is 9.85. The third-order valence-electron chi connectivity index (χ3n) is 1.27. The number of carbonyl (C=O) groups is 1. The van der Waals surface area contributed by atoms with Crippen molar-refractivity contribution in [3.8, 4) is 0 Å². The molecule has 0 saturated carbocycles. The second-order valence-corrected chi connectivity index (χ2v) is 2.02. The Morgan fingerprint density at radius 1 is 1.20 bits per heavy atom. The van der Waals surface area contributed by atoms with Gasteiger partial charge in [-0.25, -0.2) is 0 Å². The molecule has 0 aromatic carbocycles. The number of hydrogen-bond acceptors (Lipinski definition) is 4. The van der Waals surface area contributed by atoms with Gasteiger partial charge in [0.15, 0.2) is 0 Å². The van der Waals surface area contributed by atoms with Gasteiger partial charge in [-0.15, -0.1) is 0 Å². The molecule has 0 heterocycles. The summed E-state index contributed by atoms with van der Waals surface area (Å²) in [6.07, 6.45) is 0.322. The van der Waals surface area contributed by atoms with Gasteiger partial charge >= 0.3 is 0 Å². The van der Waals surface area contributed by atoms with Gasteiger partial charge in [-0.2, -0.15) is 0 Å². The van der Waals surface area contributed by atoms with E-state index in [9.17, 15) is 4.79 Å². The molecule has 0 atom stereocenters. The summed E-state index contributed by atoms with van der Waals surface area (Å²) in [6, 6.07) is 0. The zero-order valence-electron chi connectivity index (χ0n) is 5.45. The number of aliphatic hydroxyl groups is 3. The molecule has 60 valence electrons. The molecule has 0 aliphatic rings. The van der Waals surface area contributed by atoms with Gasteiger partial charge in [-0.05, 0) is 0 Å². The number of amides is 1. The number of aliphatic hydroxyl groups excluding tert-OH is 3. The SMILES string of the molecule is O=CNC(CO)(CO)CO. The summed E-state index contributed by atoms with van der Waals surface area (Å²) in [5.74, 6) is 0. The molecule has 0 aliphatic carbocycles. The maximum Gasteiger partial charge on any atom is 0.207 e. The van der Waals surface area contributed by atoms with Crippen LogP contribution in [0, 0.1) is 0 Å². The number of carbonyl (C=O) groups excluding carboxylic acids is 1. The van der Waals surface area contributed by atoms with Gasteiger partial charge in [-0.1, -0.05) is 0 Å². The van der Waals surface area contributed by atoms with E-state index >= 15 is 0 Å². The van der Waals surface area contributed by atoms with Crippen molar-refractivity contribution in [3.05, 3.63) is 0 Å². The van der Waals surface area contributed by atoms with Gasteiger partial charge in [0.1, 0.15) is 5.54 Å². The van der Waals surface area contributed by atoms with Gasteiger partial charge in [-0.3, -0.25) is 4.79 Å². The van der Waals surface area contributed by atoms with E-state index in [0.29, 0.717) is 6.41 Å². The smallest absolute Gasteiger partial charge is 0.207 e. The standard InChI is InChI=1S/C5H11NO4/c7-1-5(2-8,3-9)6-4-10/h4,7-9H,1-3H2,(H,6,10). The molecule has 0 spiro atoms. The van der Waals surface area contributed by atoms with Crippen LogP contribution in [0.15, 0.2) is 0 Å². The van der Waals surface area contributed by atoms with Gasteiger partial charge < -0.3 is 20.6 Å². The molecule has 5 nitrogen and oxygen atoms in total. The number of rotatable bonds is 5. The van der Waals surface area contributed by atoms with Crippen LogP contribution in [-0.4, -0.2) is 47.1 Å².